The van der Waals surface area contributed by atoms with Gasteiger partial charge in [0.2, 0.25) is 10.0 Å². The zero-order chi connectivity index (χ0) is 21.5. The lowest BCUT2D eigenvalue weighted by Gasteiger charge is -2.08. The first-order valence-electron chi connectivity index (χ1n) is 8.61. The fourth-order valence-electron chi connectivity index (χ4n) is 2.82. The summed E-state index contributed by atoms with van der Waals surface area (Å²) < 4.78 is 23.2. The van der Waals surface area contributed by atoms with Crippen LogP contribution in [0.15, 0.2) is 58.9 Å². The molecule has 3 aromatic heterocycles. The molecule has 30 heavy (non-hydrogen) atoms. The Hall–Kier alpha value is -2.36. The van der Waals surface area contributed by atoms with Crippen molar-refractivity contribution in [3.8, 4) is 33.2 Å². The molecule has 0 aliphatic heterocycles. The average molecular weight is 477 g/mol. The van der Waals surface area contributed by atoms with Gasteiger partial charge in [-0.25, -0.2) is 23.5 Å². The minimum Gasteiger partial charge on any atom is -0.255 e. The summed E-state index contributed by atoms with van der Waals surface area (Å²) in [5.41, 5.74) is 3.67. The summed E-state index contributed by atoms with van der Waals surface area (Å²) in [4.78, 5) is 14.2. The maximum Gasteiger partial charge on any atom is 0.247 e. The van der Waals surface area contributed by atoms with Gasteiger partial charge in [0.05, 0.1) is 26.3 Å². The number of halogens is 2. The van der Waals surface area contributed by atoms with Crippen molar-refractivity contribution in [1.29, 1.82) is 0 Å². The topological polar surface area (TPSA) is 98.8 Å². The molecule has 0 radical (unpaired) electrons. The van der Waals surface area contributed by atoms with Crippen LogP contribution in [0.1, 0.15) is 5.69 Å². The normalized spacial score (nSPS) is 11.6. The van der Waals surface area contributed by atoms with Crippen LogP contribution >= 0.6 is 34.5 Å². The van der Waals surface area contributed by atoms with E-state index in [1.54, 1.807) is 30.5 Å². The number of hydrogen-bond acceptors (Lipinski definition) is 6. The second-order valence-electron chi connectivity index (χ2n) is 6.44. The highest BCUT2D eigenvalue weighted by Crippen LogP contribution is 2.32. The van der Waals surface area contributed by atoms with Crippen molar-refractivity contribution < 1.29 is 8.42 Å². The number of nitrogens with zero attached hydrogens (tertiary/aromatic N) is 3. The van der Waals surface area contributed by atoms with Crippen LogP contribution in [0, 0.1) is 6.92 Å². The molecule has 152 valence electrons. The highest BCUT2D eigenvalue weighted by atomic mass is 35.5. The van der Waals surface area contributed by atoms with Gasteiger partial charge in [0, 0.05) is 23.0 Å². The van der Waals surface area contributed by atoms with Gasteiger partial charge >= 0.3 is 0 Å². The Bertz CT molecular complexity index is 1370. The number of thiophene rings is 1. The molecule has 1 aromatic carbocycles. The van der Waals surface area contributed by atoms with Crippen LogP contribution in [0.3, 0.4) is 0 Å². The van der Waals surface area contributed by atoms with E-state index < -0.39 is 10.0 Å². The summed E-state index contributed by atoms with van der Waals surface area (Å²) in [6.07, 6.45) is 1.63. The minimum absolute atomic E-state index is 0.0819. The number of nitrogens with two attached hydrogens (primary N) is 1. The van der Waals surface area contributed by atoms with Crippen molar-refractivity contribution in [3.63, 3.8) is 0 Å². The number of benzene rings is 1. The van der Waals surface area contributed by atoms with Crippen molar-refractivity contribution in [2.24, 2.45) is 5.14 Å². The lowest BCUT2D eigenvalue weighted by molar-refractivity contribution is 0.600. The van der Waals surface area contributed by atoms with Crippen LogP contribution in [0.5, 0.6) is 0 Å². The number of aryl methyl sites for hydroxylation is 1. The molecule has 0 bridgehead atoms. The molecule has 0 unspecified atom stereocenters. The molecule has 0 fully saturated rings. The first kappa shape index (κ1) is 20.9. The van der Waals surface area contributed by atoms with E-state index in [1.165, 1.54) is 6.07 Å². The van der Waals surface area contributed by atoms with Gasteiger partial charge in [0.15, 0.2) is 5.82 Å². The molecule has 0 amide bonds. The van der Waals surface area contributed by atoms with Gasteiger partial charge in [-0.3, -0.25) is 4.98 Å². The molecular formula is C20H14Cl2N4O2S2. The van der Waals surface area contributed by atoms with Crippen LogP contribution in [0.4, 0.5) is 0 Å². The van der Waals surface area contributed by atoms with E-state index in [-0.39, 0.29) is 4.21 Å². The molecule has 4 rings (SSSR count). The summed E-state index contributed by atoms with van der Waals surface area (Å²) >= 11 is 13.2. The number of pyridine rings is 1. The molecule has 3 heterocycles. The van der Waals surface area contributed by atoms with E-state index in [4.69, 9.17) is 28.3 Å². The second kappa shape index (κ2) is 8.05. The molecule has 2 N–H and O–H groups in total. The standard InChI is InChI=1S/C20H14Cl2N4O2S2/c1-11-8-16(12-2-3-14(21)15(22)9-12)26-20(25-11)13-6-7-24-17(10-13)18-4-5-19(29-18)30(23,27)28/h2-10H,1H3,(H2,23,27,28). The third-order valence-corrected chi connectivity index (χ3v) is 7.49. The van der Waals surface area contributed by atoms with Crippen LogP contribution < -0.4 is 5.14 Å². The van der Waals surface area contributed by atoms with Crippen molar-refractivity contribution in [2.45, 2.75) is 11.1 Å². The summed E-state index contributed by atoms with van der Waals surface area (Å²) in [5, 5.41) is 6.12. The van der Waals surface area contributed by atoms with E-state index in [9.17, 15) is 8.42 Å². The molecule has 0 aliphatic rings. The molecule has 0 atom stereocenters. The van der Waals surface area contributed by atoms with E-state index in [0.717, 1.165) is 28.2 Å². The molecule has 0 spiro atoms. The summed E-state index contributed by atoms with van der Waals surface area (Å²) in [6, 6.07) is 13.9. The van der Waals surface area contributed by atoms with Crippen molar-refractivity contribution >= 4 is 44.6 Å². The number of primary sulfonamides is 1. The van der Waals surface area contributed by atoms with E-state index in [2.05, 4.69) is 15.0 Å². The third kappa shape index (κ3) is 4.38. The lowest BCUT2D eigenvalue weighted by atomic mass is 10.1. The third-order valence-electron chi connectivity index (χ3n) is 4.20. The predicted octanol–water partition coefficient (Wildman–Crippen LogP) is 5.20. The average Bonchev–Trinajstić information content (AvgIpc) is 3.21. The Morgan fingerprint density at radius 1 is 0.900 bits per heavy atom. The Kier molecular flexibility index (Phi) is 5.61. The van der Waals surface area contributed by atoms with Gasteiger partial charge in [-0.15, -0.1) is 11.3 Å². The number of hydrogen-bond donors (Lipinski definition) is 1. The zero-order valence-corrected chi connectivity index (χ0v) is 18.6. The van der Waals surface area contributed by atoms with Crippen molar-refractivity contribution in [2.75, 3.05) is 0 Å². The first-order chi connectivity index (χ1) is 14.2. The predicted molar refractivity (Wildman–Crippen MR) is 120 cm³/mol. The summed E-state index contributed by atoms with van der Waals surface area (Å²) in [7, 11) is -3.75. The largest absolute Gasteiger partial charge is 0.255 e. The van der Waals surface area contributed by atoms with E-state index >= 15 is 0 Å². The van der Waals surface area contributed by atoms with Gasteiger partial charge in [-0.05, 0) is 49.4 Å². The molecule has 6 nitrogen and oxygen atoms in total. The Balaban J connectivity index is 1.76. The number of sulfonamides is 1. The quantitative estimate of drug-likeness (QED) is 0.436. The Labute approximate surface area is 187 Å². The second-order valence-corrected chi connectivity index (χ2v) is 10.1. The van der Waals surface area contributed by atoms with Crippen LogP contribution in [-0.2, 0) is 10.0 Å². The molecule has 0 saturated carbocycles. The SMILES string of the molecule is Cc1cc(-c2ccc(Cl)c(Cl)c2)nc(-c2ccnc(-c3ccc(S(N)(=O)=O)s3)c2)n1. The highest BCUT2D eigenvalue weighted by molar-refractivity contribution is 7.91. The van der Waals surface area contributed by atoms with Crippen molar-refractivity contribution in [1.82, 2.24) is 15.0 Å². The maximum absolute atomic E-state index is 11.6. The van der Waals surface area contributed by atoms with Crippen LogP contribution in [0.2, 0.25) is 10.0 Å². The fraction of sp³-hybridized carbons (Fsp3) is 0.0500. The molecule has 0 saturated heterocycles. The van der Waals surface area contributed by atoms with Gasteiger partial charge in [0.1, 0.15) is 4.21 Å². The summed E-state index contributed by atoms with van der Waals surface area (Å²) in [6.45, 7) is 1.88. The Morgan fingerprint density at radius 2 is 1.70 bits per heavy atom. The van der Waals surface area contributed by atoms with E-state index in [1.807, 2.05) is 25.1 Å². The highest BCUT2D eigenvalue weighted by Gasteiger charge is 2.14. The zero-order valence-electron chi connectivity index (χ0n) is 15.5. The smallest absolute Gasteiger partial charge is 0.247 e. The van der Waals surface area contributed by atoms with Gasteiger partial charge in [-0.1, -0.05) is 29.3 Å². The van der Waals surface area contributed by atoms with Gasteiger partial charge in [0.25, 0.3) is 0 Å². The van der Waals surface area contributed by atoms with Crippen LogP contribution in [0.25, 0.3) is 33.2 Å². The number of rotatable bonds is 4. The monoisotopic (exact) mass is 476 g/mol. The fourth-order valence-corrected chi connectivity index (χ4v) is 4.81. The molecular weight excluding hydrogens is 463 g/mol. The maximum atomic E-state index is 11.6. The summed E-state index contributed by atoms with van der Waals surface area (Å²) in [5.74, 6) is 0.517. The Morgan fingerprint density at radius 3 is 2.40 bits per heavy atom. The molecule has 0 aliphatic carbocycles. The van der Waals surface area contributed by atoms with Gasteiger partial charge < -0.3 is 0 Å². The molecule has 10 heteroatoms. The number of aromatic nitrogens is 3. The van der Waals surface area contributed by atoms with E-state index in [0.29, 0.717) is 32.1 Å². The lowest BCUT2D eigenvalue weighted by Crippen LogP contribution is -2.09. The van der Waals surface area contributed by atoms with Gasteiger partial charge in [-0.2, -0.15) is 0 Å². The van der Waals surface area contributed by atoms with Crippen LogP contribution in [-0.4, -0.2) is 23.4 Å². The molecule has 4 aromatic rings. The van der Waals surface area contributed by atoms with Crippen molar-refractivity contribution in [3.05, 3.63) is 70.5 Å². The first-order valence-corrected chi connectivity index (χ1v) is 11.7. The minimum atomic E-state index is -3.75.